The lowest BCUT2D eigenvalue weighted by Crippen LogP contribution is -2.44. The number of unbranched alkanes of at least 4 members (excludes halogenated alkanes) is 5. The molecule has 220 valence electrons. The first-order valence-corrected chi connectivity index (χ1v) is 14.4. The van der Waals surface area contributed by atoms with E-state index in [9.17, 15) is 19.2 Å². The van der Waals surface area contributed by atoms with Crippen LogP contribution in [0.3, 0.4) is 0 Å². The maximum atomic E-state index is 13.2. The van der Waals surface area contributed by atoms with E-state index in [1.165, 1.54) is 18.9 Å². The molecule has 3 N–H and O–H groups in total. The van der Waals surface area contributed by atoms with Crippen molar-refractivity contribution in [3.63, 3.8) is 0 Å². The highest BCUT2D eigenvalue weighted by Gasteiger charge is 2.22. The molecule has 0 bridgehead atoms. The SMILES string of the molecule is CCCCCCCC(=O)NCCCC[C@H](NC(=O)OCc1ccccc1)C(=O)Nc1ccc2c(C)cc(=O)oc2c1. The summed E-state index contributed by atoms with van der Waals surface area (Å²) in [6, 6.07) is 14.9. The van der Waals surface area contributed by atoms with Crippen LogP contribution in [0.25, 0.3) is 11.0 Å². The van der Waals surface area contributed by atoms with Gasteiger partial charge in [0, 0.05) is 36.2 Å². The number of amides is 3. The van der Waals surface area contributed by atoms with E-state index in [1.54, 1.807) is 18.2 Å². The van der Waals surface area contributed by atoms with Gasteiger partial charge in [-0.15, -0.1) is 0 Å². The Bertz CT molecular complexity index is 1340. The highest BCUT2D eigenvalue weighted by atomic mass is 16.5. The Kier molecular flexibility index (Phi) is 12.9. The van der Waals surface area contributed by atoms with Gasteiger partial charge in [0.05, 0.1) is 0 Å². The van der Waals surface area contributed by atoms with Crippen LogP contribution in [0, 0.1) is 6.92 Å². The molecule has 0 saturated heterocycles. The van der Waals surface area contributed by atoms with Crippen LogP contribution in [0.15, 0.2) is 63.8 Å². The van der Waals surface area contributed by atoms with Crippen LogP contribution in [0.1, 0.15) is 75.8 Å². The van der Waals surface area contributed by atoms with Crippen molar-refractivity contribution in [1.29, 1.82) is 0 Å². The minimum Gasteiger partial charge on any atom is -0.445 e. The molecule has 0 fully saturated rings. The van der Waals surface area contributed by atoms with Gasteiger partial charge in [-0.1, -0.05) is 62.9 Å². The fourth-order valence-corrected chi connectivity index (χ4v) is 4.49. The van der Waals surface area contributed by atoms with Crippen LogP contribution >= 0.6 is 0 Å². The predicted octanol–water partition coefficient (Wildman–Crippen LogP) is 5.98. The van der Waals surface area contributed by atoms with Gasteiger partial charge in [0.1, 0.15) is 18.2 Å². The van der Waals surface area contributed by atoms with Crippen LogP contribution in [0.5, 0.6) is 0 Å². The molecule has 0 aliphatic heterocycles. The third-order valence-electron chi connectivity index (χ3n) is 6.79. The molecule has 0 radical (unpaired) electrons. The van der Waals surface area contributed by atoms with Crippen LogP contribution in [0.4, 0.5) is 10.5 Å². The van der Waals surface area contributed by atoms with E-state index in [2.05, 4.69) is 22.9 Å². The summed E-state index contributed by atoms with van der Waals surface area (Å²) in [7, 11) is 0. The van der Waals surface area contributed by atoms with Gasteiger partial charge in [0.15, 0.2) is 0 Å². The normalized spacial score (nSPS) is 11.6. The van der Waals surface area contributed by atoms with Gasteiger partial charge < -0.3 is 25.1 Å². The molecule has 0 saturated carbocycles. The first-order chi connectivity index (χ1) is 19.9. The van der Waals surface area contributed by atoms with Gasteiger partial charge in [-0.25, -0.2) is 9.59 Å². The second kappa shape index (κ2) is 16.8. The third kappa shape index (κ3) is 11.1. The van der Waals surface area contributed by atoms with Crippen LogP contribution in [0.2, 0.25) is 0 Å². The second-order valence-electron chi connectivity index (χ2n) is 10.2. The van der Waals surface area contributed by atoms with E-state index in [-0.39, 0.29) is 12.5 Å². The minimum absolute atomic E-state index is 0.0385. The largest absolute Gasteiger partial charge is 0.445 e. The smallest absolute Gasteiger partial charge is 0.408 e. The second-order valence-corrected chi connectivity index (χ2v) is 10.2. The van der Waals surface area contributed by atoms with Gasteiger partial charge in [-0.2, -0.15) is 0 Å². The fourth-order valence-electron chi connectivity index (χ4n) is 4.49. The molecular formula is C32H41N3O6. The summed E-state index contributed by atoms with van der Waals surface area (Å²) >= 11 is 0. The molecule has 9 heteroatoms. The molecule has 2 aromatic carbocycles. The number of aryl methyl sites for hydroxylation is 1. The maximum Gasteiger partial charge on any atom is 0.408 e. The number of carbonyl (C=O) groups is 3. The van der Waals surface area contributed by atoms with E-state index in [0.29, 0.717) is 43.5 Å². The molecule has 0 aliphatic carbocycles. The zero-order valence-corrected chi connectivity index (χ0v) is 24.0. The third-order valence-corrected chi connectivity index (χ3v) is 6.79. The Morgan fingerprint density at radius 2 is 1.71 bits per heavy atom. The number of anilines is 1. The molecule has 9 nitrogen and oxygen atoms in total. The summed E-state index contributed by atoms with van der Waals surface area (Å²) in [4.78, 5) is 49.6. The average Bonchev–Trinajstić information content (AvgIpc) is 2.95. The lowest BCUT2D eigenvalue weighted by atomic mass is 10.1. The molecule has 0 unspecified atom stereocenters. The van der Waals surface area contributed by atoms with Gasteiger partial charge in [0.25, 0.3) is 0 Å². The molecule has 3 amide bonds. The van der Waals surface area contributed by atoms with E-state index in [0.717, 1.165) is 35.8 Å². The summed E-state index contributed by atoms with van der Waals surface area (Å²) in [6.45, 7) is 4.56. The minimum atomic E-state index is -0.868. The predicted molar refractivity (Wildman–Crippen MR) is 160 cm³/mol. The van der Waals surface area contributed by atoms with Crippen molar-refractivity contribution in [3.05, 3.63) is 76.1 Å². The Balaban J connectivity index is 1.54. The van der Waals surface area contributed by atoms with Gasteiger partial charge in [0.2, 0.25) is 11.8 Å². The fraction of sp³-hybridized carbons (Fsp3) is 0.438. The molecule has 1 aromatic heterocycles. The topological polar surface area (TPSA) is 127 Å². The monoisotopic (exact) mass is 563 g/mol. The number of alkyl carbamates (subject to hydrolysis) is 1. The average molecular weight is 564 g/mol. The van der Waals surface area contributed by atoms with Gasteiger partial charge in [-0.3, -0.25) is 9.59 Å². The molecule has 3 aromatic rings. The van der Waals surface area contributed by atoms with Crippen molar-refractivity contribution in [2.75, 3.05) is 11.9 Å². The zero-order valence-electron chi connectivity index (χ0n) is 24.0. The number of nitrogens with one attached hydrogen (secondary N) is 3. The van der Waals surface area contributed by atoms with Crippen molar-refractivity contribution in [3.8, 4) is 0 Å². The highest BCUT2D eigenvalue weighted by molar-refractivity contribution is 5.98. The summed E-state index contributed by atoms with van der Waals surface area (Å²) in [5.74, 6) is -0.385. The van der Waals surface area contributed by atoms with E-state index < -0.39 is 23.7 Å². The quantitative estimate of drug-likeness (QED) is 0.145. The Hall–Kier alpha value is -4.14. The maximum absolute atomic E-state index is 13.2. The van der Waals surface area contributed by atoms with Crippen molar-refractivity contribution >= 4 is 34.6 Å². The highest BCUT2D eigenvalue weighted by Crippen LogP contribution is 2.21. The number of hydrogen-bond acceptors (Lipinski definition) is 6. The lowest BCUT2D eigenvalue weighted by molar-refractivity contribution is -0.121. The van der Waals surface area contributed by atoms with Crippen LogP contribution in [-0.4, -0.2) is 30.5 Å². The van der Waals surface area contributed by atoms with Gasteiger partial charge in [-0.05, 0) is 55.9 Å². The number of hydrogen-bond donors (Lipinski definition) is 3. The number of ether oxygens (including phenoxy) is 1. The van der Waals surface area contributed by atoms with Crippen molar-refractivity contribution in [1.82, 2.24) is 10.6 Å². The Morgan fingerprint density at radius 3 is 2.49 bits per heavy atom. The summed E-state index contributed by atoms with van der Waals surface area (Å²) < 4.78 is 10.6. The van der Waals surface area contributed by atoms with Gasteiger partial charge >= 0.3 is 11.7 Å². The van der Waals surface area contributed by atoms with Crippen molar-refractivity contribution < 1.29 is 23.5 Å². The van der Waals surface area contributed by atoms with E-state index in [4.69, 9.17) is 9.15 Å². The lowest BCUT2D eigenvalue weighted by Gasteiger charge is -2.19. The summed E-state index contributed by atoms with van der Waals surface area (Å²) in [6.07, 6.45) is 6.90. The number of fused-ring (bicyclic) bond motifs is 1. The first kappa shape index (κ1) is 31.4. The molecule has 1 atom stereocenters. The Labute approximate surface area is 241 Å². The molecule has 41 heavy (non-hydrogen) atoms. The van der Waals surface area contributed by atoms with Crippen molar-refractivity contribution in [2.24, 2.45) is 0 Å². The summed E-state index contributed by atoms with van der Waals surface area (Å²) in [5, 5.41) is 9.18. The van der Waals surface area contributed by atoms with E-state index in [1.807, 2.05) is 37.3 Å². The first-order valence-electron chi connectivity index (χ1n) is 14.4. The molecular weight excluding hydrogens is 522 g/mol. The van der Waals surface area contributed by atoms with Crippen LogP contribution < -0.4 is 21.6 Å². The molecule has 0 aliphatic rings. The number of rotatable bonds is 16. The van der Waals surface area contributed by atoms with Crippen molar-refractivity contribution in [2.45, 2.75) is 84.3 Å². The number of benzene rings is 2. The molecule has 3 rings (SSSR count). The summed E-state index contributed by atoms with van der Waals surface area (Å²) in [5.41, 5.74) is 1.94. The van der Waals surface area contributed by atoms with Crippen LogP contribution in [-0.2, 0) is 20.9 Å². The molecule has 0 spiro atoms. The zero-order chi connectivity index (χ0) is 29.5. The van der Waals surface area contributed by atoms with E-state index >= 15 is 0 Å². The standard InChI is InChI=1S/C32H41N3O6/c1-3-4-5-6-10-16-29(36)33-19-12-11-15-27(35-32(39)40-22-24-13-8-7-9-14-24)31(38)34-25-17-18-26-23(2)20-30(37)41-28(26)21-25/h7-9,13-14,17-18,20-21,27H,3-6,10-12,15-16,19,22H2,1-2H3,(H,33,36)(H,34,38)(H,35,39)/t27-/m0/s1. The number of carbonyl (C=O) groups excluding carboxylic acids is 3. The Morgan fingerprint density at radius 1 is 0.927 bits per heavy atom. The molecule has 1 heterocycles.